The van der Waals surface area contributed by atoms with Crippen molar-refractivity contribution in [3.05, 3.63) is 76.3 Å². The lowest BCUT2D eigenvalue weighted by Gasteiger charge is -2.37. The topological polar surface area (TPSA) is 63.4 Å². The molecule has 0 saturated heterocycles. The summed E-state index contributed by atoms with van der Waals surface area (Å²) < 4.78 is 11.0. The minimum Gasteiger partial charge on any atom is -0.385 e. The first-order valence-electron chi connectivity index (χ1n) is 10.4. The van der Waals surface area contributed by atoms with Gasteiger partial charge in [-0.2, -0.15) is 4.98 Å². The van der Waals surface area contributed by atoms with Crippen molar-refractivity contribution in [1.29, 1.82) is 0 Å². The number of halogens is 1. The number of hydrogen-bond donors (Lipinski definition) is 1. The van der Waals surface area contributed by atoms with Crippen LogP contribution in [-0.2, 0) is 4.74 Å². The van der Waals surface area contributed by atoms with Gasteiger partial charge in [0.15, 0.2) is 5.11 Å². The van der Waals surface area contributed by atoms with Crippen molar-refractivity contribution < 1.29 is 9.26 Å². The number of nitrogens with one attached hydrogen (secondary N) is 1. The van der Waals surface area contributed by atoms with E-state index < -0.39 is 0 Å². The van der Waals surface area contributed by atoms with Crippen molar-refractivity contribution in [2.45, 2.75) is 26.3 Å². The molecule has 2 heterocycles. The molecule has 0 bridgehead atoms. The van der Waals surface area contributed by atoms with Crippen LogP contribution in [0.3, 0.4) is 0 Å². The largest absolute Gasteiger partial charge is 0.385 e. The number of ether oxygens (including phenoxy) is 1. The van der Waals surface area contributed by atoms with E-state index in [1.165, 1.54) is 5.56 Å². The van der Waals surface area contributed by atoms with Crippen molar-refractivity contribution in [3.63, 3.8) is 0 Å². The Morgan fingerprint density at radius 3 is 2.53 bits per heavy atom. The van der Waals surface area contributed by atoms with Crippen LogP contribution in [0.4, 0.5) is 0 Å². The minimum atomic E-state index is -0.232. The molecule has 8 heteroatoms. The Hall–Kier alpha value is -2.74. The predicted molar refractivity (Wildman–Crippen MR) is 130 cm³/mol. The maximum Gasteiger partial charge on any atom is 0.258 e. The van der Waals surface area contributed by atoms with Gasteiger partial charge in [-0.15, -0.1) is 0 Å². The van der Waals surface area contributed by atoms with Crippen LogP contribution < -0.4 is 5.32 Å². The first kappa shape index (κ1) is 22.5. The summed E-state index contributed by atoms with van der Waals surface area (Å²) in [7, 11) is 1.70. The molecule has 0 fully saturated rings. The lowest BCUT2D eigenvalue weighted by atomic mass is 9.95. The van der Waals surface area contributed by atoms with Gasteiger partial charge in [0, 0.05) is 36.5 Å². The highest BCUT2D eigenvalue weighted by molar-refractivity contribution is 7.80. The van der Waals surface area contributed by atoms with Crippen molar-refractivity contribution in [3.8, 4) is 11.4 Å². The fourth-order valence-electron chi connectivity index (χ4n) is 3.75. The molecular formula is C24H25ClN4O2S. The summed E-state index contributed by atoms with van der Waals surface area (Å²) in [5.74, 6) is 1.01. The average molecular weight is 469 g/mol. The molecule has 0 spiro atoms. The number of thiocarbonyl (C=S) groups is 1. The third kappa shape index (κ3) is 4.70. The Labute approximate surface area is 198 Å². The van der Waals surface area contributed by atoms with Crippen LogP contribution in [0.25, 0.3) is 17.0 Å². The smallest absolute Gasteiger partial charge is 0.258 e. The summed E-state index contributed by atoms with van der Waals surface area (Å²) in [5, 5.41) is 9.03. The van der Waals surface area contributed by atoms with Gasteiger partial charge in [-0.1, -0.05) is 58.7 Å². The summed E-state index contributed by atoms with van der Waals surface area (Å²) in [6.07, 6.45) is 0.840. The van der Waals surface area contributed by atoms with Gasteiger partial charge in [0.2, 0.25) is 5.82 Å². The number of benzene rings is 2. The van der Waals surface area contributed by atoms with E-state index in [2.05, 4.69) is 15.4 Å². The van der Waals surface area contributed by atoms with E-state index in [0.717, 1.165) is 35.4 Å². The van der Waals surface area contributed by atoms with Gasteiger partial charge in [-0.05, 0) is 50.2 Å². The number of aromatic nitrogens is 2. The lowest BCUT2D eigenvalue weighted by Crippen LogP contribution is -2.46. The molecule has 3 aromatic rings. The van der Waals surface area contributed by atoms with Crippen LogP contribution in [0.2, 0.25) is 5.02 Å². The van der Waals surface area contributed by atoms with Crippen molar-refractivity contribution in [1.82, 2.24) is 20.4 Å². The zero-order valence-corrected chi connectivity index (χ0v) is 19.8. The highest BCUT2D eigenvalue weighted by atomic mass is 35.5. The summed E-state index contributed by atoms with van der Waals surface area (Å²) in [6, 6.07) is 15.5. The second-order valence-corrected chi connectivity index (χ2v) is 8.54. The molecule has 166 valence electrons. The molecule has 1 unspecified atom stereocenters. The van der Waals surface area contributed by atoms with E-state index in [1.54, 1.807) is 7.11 Å². The number of nitrogens with zero attached hydrogens (tertiary/aromatic N) is 3. The summed E-state index contributed by atoms with van der Waals surface area (Å²) in [5.41, 5.74) is 4.96. The molecule has 1 N–H and O–H groups in total. The lowest BCUT2D eigenvalue weighted by molar-refractivity contribution is 0.188. The molecule has 6 nitrogen and oxygen atoms in total. The SMILES string of the molecule is COCCCN1C(=S)NC(c2ccc(Cl)cc2)C(c2nc(-c3ccc(C)cc3)no2)=C1C. The highest BCUT2D eigenvalue weighted by Gasteiger charge is 2.33. The molecule has 2 aromatic carbocycles. The zero-order chi connectivity index (χ0) is 22.7. The highest BCUT2D eigenvalue weighted by Crippen LogP contribution is 2.37. The number of allylic oxidation sites excluding steroid dienone is 1. The van der Waals surface area contributed by atoms with Crippen LogP contribution in [0.15, 0.2) is 58.8 Å². The predicted octanol–water partition coefficient (Wildman–Crippen LogP) is 5.40. The van der Waals surface area contributed by atoms with Crippen LogP contribution >= 0.6 is 23.8 Å². The quantitative estimate of drug-likeness (QED) is 0.368. The number of methoxy groups -OCH3 is 1. The van der Waals surface area contributed by atoms with Crippen molar-refractivity contribution in [2.75, 3.05) is 20.3 Å². The summed E-state index contributed by atoms with van der Waals surface area (Å²) >= 11 is 11.8. The third-order valence-corrected chi connectivity index (χ3v) is 6.09. The van der Waals surface area contributed by atoms with Crippen LogP contribution in [0, 0.1) is 6.92 Å². The monoisotopic (exact) mass is 468 g/mol. The molecular weight excluding hydrogens is 444 g/mol. The van der Waals surface area contributed by atoms with E-state index in [-0.39, 0.29) is 6.04 Å². The zero-order valence-electron chi connectivity index (χ0n) is 18.3. The second-order valence-electron chi connectivity index (χ2n) is 7.72. The van der Waals surface area contributed by atoms with Crippen LogP contribution in [-0.4, -0.2) is 40.4 Å². The normalized spacial score (nSPS) is 16.4. The fourth-order valence-corrected chi connectivity index (χ4v) is 4.22. The standard InChI is InChI=1S/C24H25ClN4O2S/c1-15-5-7-18(8-6-15)22-27-23(31-28-22)20-16(2)29(13-4-14-30-3)24(32)26-21(20)17-9-11-19(25)12-10-17/h5-12,21H,4,13-14H2,1-3H3,(H,26,32). The number of hydrogen-bond acceptors (Lipinski definition) is 5. The maximum absolute atomic E-state index is 6.12. The fraction of sp³-hybridized carbons (Fsp3) is 0.292. The third-order valence-electron chi connectivity index (χ3n) is 5.50. The molecule has 0 aliphatic carbocycles. The Kier molecular flexibility index (Phi) is 6.89. The van der Waals surface area contributed by atoms with Gasteiger partial charge in [-0.3, -0.25) is 0 Å². The molecule has 0 radical (unpaired) electrons. The van der Waals surface area contributed by atoms with E-state index in [0.29, 0.717) is 28.5 Å². The van der Waals surface area contributed by atoms with Gasteiger partial charge in [0.25, 0.3) is 5.89 Å². The molecule has 1 aromatic heterocycles. The minimum absolute atomic E-state index is 0.232. The number of rotatable bonds is 7. The first-order valence-corrected chi connectivity index (χ1v) is 11.2. The molecule has 1 aliphatic heterocycles. The van der Waals surface area contributed by atoms with Gasteiger partial charge >= 0.3 is 0 Å². The Morgan fingerprint density at radius 1 is 1.12 bits per heavy atom. The van der Waals surface area contributed by atoms with Gasteiger partial charge in [0.1, 0.15) is 0 Å². The summed E-state index contributed by atoms with van der Waals surface area (Å²) in [6.45, 7) is 5.46. The number of aryl methyl sites for hydroxylation is 1. The summed E-state index contributed by atoms with van der Waals surface area (Å²) in [4.78, 5) is 6.80. The molecule has 32 heavy (non-hydrogen) atoms. The van der Waals surface area contributed by atoms with Gasteiger partial charge < -0.3 is 19.5 Å². The Bertz CT molecular complexity index is 1130. The molecule has 0 amide bonds. The second kappa shape index (κ2) is 9.81. The van der Waals surface area contributed by atoms with E-state index in [1.807, 2.05) is 62.4 Å². The van der Waals surface area contributed by atoms with Crippen molar-refractivity contribution in [2.24, 2.45) is 0 Å². The average Bonchev–Trinajstić information content (AvgIpc) is 3.26. The Balaban J connectivity index is 1.76. The molecule has 0 saturated carbocycles. The van der Waals surface area contributed by atoms with Crippen molar-refractivity contribution >= 4 is 34.5 Å². The Morgan fingerprint density at radius 2 is 1.84 bits per heavy atom. The van der Waals surface area contributed by atoms with Crippen LogP contribution in [0.1, 0.15) is 36.4 Å². The molecule has 1 aliphatic rings. The van der Waals surface area contributed by atoms with E-state index >= 15 is 0 Å². The van der Waals surface area contributed by atoms with Gasteiger partial charge in [0.05, 0.1) is 11.6 Å². The maximum atomic E-state index is 6.12. The molecule has 1 atom stereocenters. The van der Waals surface area contributed by atoms with E-state index in [9.17, 15) is 0 Å². The van der Waals surface area contributed by atoms with Gasteiger partial charge in [-0.25, -0.2) is 0 Å². The van der Waals surface area contributed by atoms with E-state index in [4.69, 9.17) is 38.1 Å². The van der Waals surface area contributed by atoms with Crippen LogP contribution in [0.5, 0.6) is 0 Å². The molecule has 4 rings (SSSR count). The first-order chi connectivity index (χ1) is 15.5.